The van der Waals surface area contributed by atoms with Gasteiger partial charge in [0.1, 0.15) is 18.1 Å². The summed E-state index contributed by atoms with van der Waals surface area (Å²) in [5, 5.41) is 2.73. The van der Waals surface area contributed by atoms with Crippen LogP contribution >= 0.6 is 0 Å². The lowest BCUT2D eigenvalue weighted by atomic mass is 10.3. The zero-order chi connectivity index (χ0) is 13.2. The number of rotatable bonds is 2. The lowest BCUT2D eigenvalue weighted by molar-refractivity contribution is -0.274. The van der Waals surface area contributed by atoms with Crippen LogP contribution in [0, 0.1) is 0 Å². The van der Waals surface area contributed by atoms with Gasteiger partial charge in [-0.3, -0.25) is 0 Å². The van der Waals surface area contributed by atoms with Gasteiger partial charge in [0, 0.05) is 11.8 Å². The summed E-state index contributed by atoms with van der Waals surface area (Å²) in [5.41, 5.74) is 5.80. The van der Waals surface area contributed by atoms with Gasteiger partial charge in [-0.15, -0.1) is 13.2 Å². The molecule has 0 fully saturated rings. The van der Waals surface area contributed by atoms with Crippen LogP contribution in [0.3, 0.4) is 0 Å². The molecule has 3 N–H and O–H groups in total. The standard InChI is InChI=1S/C10H9F3N4O/c11-10(12,13)18-7-3-1-2-6(4-7)16-9-15-5-8(14)17-9/h1-4H,5H2,(H3,14,15,16,17). The molecule has 1 aromatic rings. The summed E-state index contributed by atoms with van der Waals surface area (Å²) in [4.78, 5) is 7.79. The third-order valence-electron chi connectivity index (χ3n) is 1.96. The van der Waals surface area contributed by atoms with Crippen molar-refractivity contribution in [3.05, 3.63) is 24.3 Å². The van der Waals surface area contributed by atoms with Crippen molar-refractivity contribution in [2.24, 2.45) is 15.7 Å². The predicted octanol–water partition coefficient (Wildman–Crippen LogP) is 1.72. The fourth-order valence-electron chi connectivity index (χ4n) is 1.33. The minimum atomic E-state index is -4.72. The van der Waals surface area contributed by atoms with Gasteiger partial charge in [0.2, 0.25) is 5.96 Å². The fraction of sp³-hybridized carbons (Fsp3) is 0.200. The molecular weight excluding hydrogens is 249 g/mol. The number of amidine groups is 1. The van der Waals surface area contributed by atoms with Crippen LogP contribution in [0.1, 0.15) is 0 Å². The average molecular weight is 258 g/mol. The van der Waals surface area contributed by atoms with Crippen LogP contribution in [0.25, 0.3) is 0 Å². The van der Waals surface area contributed by atoms with E-state index in [1.807, 2.05) is 0 Å². The number of guanidine groups is 1. The van der Waals surface area contributed by atoms with Gasteiger partial charge in [-0.05, 0) is 12.1 Å². The average Bonchev–Trinajstić information content (AvgIpc) is 2.62. The minimum absolute atomic E-state index is 0.261. The number of benzene rings is 1. The number of alkyl halides is 3. The van der Waals surface area contributed by atoms with Crippen LogP contribution in [0.15, 0.2) is 34.3 Å². The Morgan fingerprint density at radius 1 is 1.33 bits per heavy atom. The van der Waals surface area contributed by atoms with Gasteiger partial charge in [-0.25, -0.2) is 4.99 Å². The zero-order valence-electron chi connectivity index (χ0n) is 9.03. The summed E-state index contributed by atoms with van der Waals surface area (Å²) >= 11 is 0. The van der Waals surface area contributed by atoms with E-state index in [0.29, 0.717) is 11.5 Å². The summed E-state index contributed by atoms with van der Waals surface area (Å²) in [6.45, 7) is 0.279. The molecule has 5 nitrogen and oxygen atoms in total. The van der Waals surface area contributed by atoms with Crippen molar-refractivity contribution in [1.82, 2.24) is 0 Å². The highest BCUT2D eigenvalue weighted by Gasteiger charge is 2.31. The minimum Gasteiger partial charge on any atom is -0.406 e. The Bertz CT molecular complexity index is 510. The largest absolute Gasteiger partial charge is 0.573 e. The predicted molar refractivity (Wildman–Crippen MR) is 60.7 cm³/mol. The normalized spacial score (nSPS) is 15.1. The Balaban J connectivity index is 2.08. The number of anilines is 1. The van der Waals surface area contributed by atoms with E-state index in [0.717, 1.165) is 0 Å². The van der Waals surface area contributed by atoms with Gasteiger partial charge < -0.3 is 15.8 Å². The second kappa shape index (κ2) is 4.55. The van der Waals surface area contributed by atoms with Crippen molar-refractivity contribution in [2.45, 2.75) is 6.36 Å². The summed E-state index contributed by atoms with van der Waals surface area (Å²) in [6, 6.07) is 5.38. The molecule has 0 atom stereocenters. The number of hydrogen-bond donors (Lipinski definition) is 2. The number of aliphatic imine (C=N–C) groups is 2. The second-order valence-corrected chi connectivity index (χ2v) is 3.44. The quantitative estimate of drug-likeness (QED) is 0.848. The second-order valence-electron chi connectivity index (χ2n) is 3.44. The van der Waals surface area contributed by atoms with E-state index in [4.69, 9.17) is 5.73 Å². The van der Waals surface area contributed by atoms with E-state index in [-0.39, 0.29) is 18.3 Å². The van der Waals surface area contributed by atoms with E-state index in [9.17, 15) is 13.2 Å². The number of nitrogens with zero attached hydrogens (tertiary/aromatic N) is 2. The highest BCUT2D eigenvalue weighted by Crippen LogP contribution is 2.25. The summed E-state index contributed by atoms with van der Waals surface area (Å²) < 4.78 is 39.9. The van der Waals surface area contributed by atoms with Crippen LogP contribution in [-0.4, -0.2) is 24.7 Å². The first-order valence-corrected chi connectivity index (χ1v) is 4.93. The number of halogens is 3. The Morgan fingerprint density at radius 3 is 2.72 bits per heavy atom. The van der Waals surface area contributed by atoms with Gasteiger partial charge in [0.25, 0.3) is 0 Å². The maximum atomic E-state index is 12.0. The van der Waals surface area contributed by atoms with Crippen LogP contribution in [-0.2, 0) is 0 Å². The molecule has 0 spiro atoms. The molecule has 0 aliphatic carbocycles. The van der Waals surface area contributed by atoms with E-state index < -0.39 is 6.36 Å². The SMILES string of the molecule is NC1=NC(Nc2cccc(OC(F)(F)F)c2)=NC1. The molecule has 1 aromatic carbocycles. The van der Waals surface area contributed by atoms with Crippen LogP contribution in [0.4, 0.5) is 18.9 Å². The van der Waals surface area contributed by atoms with Crippen molar-refractivity contribution in [3.63, 3.8) is 0 Å². The monoisotopic (exact) mass is 258 g/mol. The van der Waals surface area contributed by atoms with Gasteiger partial charge in [-0.2, -0.15) is 4.99 Å². The molecule has 2 rings (SSSR count). The summed E-state index contributed by atoms with van der Waals surface area (Å²) in [5.74, 6) is 0.292. The van der Waals surface area contributed by atoms with Gasteiger partial charge in [-0.1, -0.05) is 6.07 Å². The number of hydrogen-bond acceptors (Lipinski definition) is 5. The first kappa shape index (κ1) is 12.2. The number of ether oxygens (including phenoxy) is 1. The topological polar surface area (TPSA) is 72.0 Å². The smallest absolute Gasteiger partial charge is 0.406 e. The molecule has 96 valence electrons. The van der Waals surface area contributed by atoms with Crippen molar-refractivity contribution in [3.8, 4) is 5.75 Å². The molecule has 0 amide bonds. The molecule has 0 saturated heterocycles. The molecule has 0 radical (unpaired) electrons. The first-order valence-electron chi connectivity index (χ1n) is 4.93. The third-order valence-corrected chi connectivity index (χ3v) is 1.96. The molecule has 18 heavy (non-hydrogen) atoms. The van der Waals surface area contributed by atoms with Crippen molar-refractivity contribution >= 4 is 17.5 Å². The Kier molecular flexibility index (Phi) is 3.09. The third kappa shape index (κ3) is 3.37. The molecule has 1 aliphatic rings. The maximum Gasteiger partial charge on any atom is 0.573 e. The Hall–Kier alpha value is -2.25. The highest BCUT2D eigenvalue weighted by molar-refractivity contribution is 6.07. The molecular formula is C10H9F3N4O. The van der Waals surface area contributed by atoms with E-state index in [1.165, 1.54) is 18.2 Å². The van der Waals surface area contributed by atoms with E-state index >= 15 is 0 Å². The van der Waals surface area contributed by atoms with Crippen molar-refractivity contribution in [1.29, 1.82) is 0 Å². The summed E-state index contributed by atoms with van der Waals surface area (Å²) in [7, 11) is 0. The molecule has 0 aromatic heterocycles. The van der Waals surface area contributed by atoms with Crippen molar-refractivity contribution < 1.29 is 17.9 Å². The molecule has 0 unspecified atom stereocenters. The van der Waals surface area contributed by atoms with E-state index in [1.54, 1.807) is 6.07 Å². The van der Waals surface area contributed by atoms with Crippen LogP contribution in [0.2, 0.25) is 0 Å². The molecule has 0 saturated carbocycles. The number of nitrogens with one attached hydrogen (secondary N) is 1. The lowest BCUT2D eigenvalue weighted by Gasteiger charge is -2.10. The molecule has 1 heterocycles. The molecule has 0 bridgehead atoms. The number of nitrogens with two attached hydrogens (primary N) is 1. The van der Waals surface area contributed by atoms with Gasteiger partial charge in [0.15, 0.2) is 0 Å². The Labute approximate surface area is 100 Å². The lowest BCUT2D eigenvalue weighted by Crippen LogP contribution is -2.17. The van der Waals surface area contributed by atoms with Crippen LogP contribution in [0.5, 0.6) is 5.75 Å². The maximum absolute atomic E-state index is 12.0. The van der Waals surface area contributed by atoms with E-state index in [2.05, 4.69) is 20.0 Å². The van der Waals surface area contributed by atoms with Crippen LogP contribution < -0.4 is 15.8 Å². The van der Waals surface area contributed by atoms with Crippen molar-refractivity contribution in [2.75, 3.05) is 11.9 Å². The fourth-order valence-corrected chi connectivity index (χ4v) is 1.33. The Morgan fingerprint density at radius 2 is 2.11 bits per heavy atom. The molecule has 1 aliphatic heterocycles. The highest BCUT2D eigenvalue weighted by atomic mass is 19.4. The molecule has 8 heteroatoms. The zero-order valence-corrected chi connectivity index (χ0v) is 9.03. The first-order chi connectivity index (χ1) is 8.42. The summed E-state index contributed by atoms with van der Waals surface area (Å²) in [6.07, 6.45) is -4.72. The van der Waals surface area contributed by atoms with Gasteiger partial charge >= 0.3 is 6.36 Å². The van der Waals surface area contributed by atoms with Gasteiger partial charge in [0.05, 0.1) is 0 Å².